The van der Waals surface area contributed by atoms with Crippen molar-refractivity contribution in [2.75, 3.05) is 21.4 Å². The molecule has 13 rings (SSSR count). The number of pyridine rings is 1. The van der Waals surface area contributed by atoms with Crippen LogP contribution < -0.4 is 19.4 Å². The topological polar surface area (TPSA) is 36.8 Å². The van der Waals surface area contributed by atoms with Crippen LogP contribution in [0.4, 0.5) is 28.4 Å². The van der Waals surface area contributed by atoms with Gasteiger partial charge in [-0.15, -0.1) is 0 Å². The number of fused-ring (bicyclic) bond motifs is 7. The number of hydrogen-bond donors (Lipinski definition) is 0. The fourth-order valence-electron chi connectivity index (χ4n) is 12.1. The molecule has 2 aromatic heterocycles. The summed E-state index contributed by atoms with van der Waals surface area (Å²) in [5.74, 6) is 2.45. The second-order valence-corrected chi connectivity index (χ2v) is 24.3. The monoisotopic (exact) mass is 992 g/mol. The molecule has 0 spiro atoms. The van der Waals surface area contributed by atoms with Crippen LogP contribution in [0.25, 0.3) is 49.9 Å². The number of ether oxygens (including phenoxy) is 1. The molecule has 0 aliphatic carbocycles. The SMILES string of the molecule is CC(C)(C)c1ccnc(-n2c3ccc(C(C)(C)C)cc3c3ccc(Oc4cccc(N5C=CN(c6cc7c8c(c6)C(C)(C)c6cc(-c9ccccc9)ccc6N8c6ccc(-c8ccccc8)cc6C7(C)C)C5)c4)cc32)c1. The Labute approximate surface area is 448 Å². The standard InChI is InChI=1S/C70H65N5O/c1-67(2,3)49-26-31-61-56(38-49)55-28-27-54(43-64(55)74(61)65-39-50(32-33-71-65)68(4,5)6)76-53-23-17-22-51(40-53)72-34-35-73(44-72)52-41-59-66-60(42-52)70(9,10)58-37-48(46-20-15-12-16-21-46)25-30-63(58)75(66)62-29-24-47(36-57(62)69(59,7)8)45-18-13-11-14-19-45/h11-43H,44H2,1-10H3. The molecule has 0 fully saturated rings. The van der Waals surface area contributed by atoms with Gasteiger partial charge in [-0.05, 0) is 151 Å². The maximum Gasteiger partial charge on any atom is 0.137 e. The Morgan fingerprint density at radius 3 is 1.63 bits per heavy atom. The minimum Gasteiger partial charge on any atom is -0.457 e. The quantitative estimate of drug-likeness (QED) is 0.159. The first-order valence-electron chi connectivity index (χ1n) is 26.9. The van der Waals surface area contributed by atoms with Gasteiger partial charge in [0, 0.05) is 63.7 Å². The molecule has 10 aromatic rings. The number of nitrogens with zero attached hydrogens (tertiary/aromatic N) is 5. The third-order valence-corrected chi connectivity index (χ3v) is 16.6. The Morgan fingerprint density at radius 1 is 0.447 bits per heavy atom. The van der Waals surface area contributed by atoms with Gasteiger partial charge >= 0.3 is 0 Å². The zero-order valence-electron chi connectivity index (χ0n) is 45.4. The molecule has 0 bridgehead atoms. The van der Waals surface area contributed by atoms with E-state index in [-0.39, 0.29) is 21.7 Å². The van der Waals surface area contributed by atoms with Gasteiger partial charge in [0.15, 0.2) is 0 Å². The van der Waals surface area contributed by atoms with E-state index >= 15 is 0 Å². The summed E-state index contributed by atoms with van der Waals surface area (Å²) in [4.78, 5) is 12.2. The molecule has 3 aliphatic rings. The first-order chi connectivity index (χ1) is 36.4. The Balaban J connectivity index is 0.855. The Kier molecular flexibility index (Phi) is 10.7. The second-order valence-electron chi connectivity index (χ2n) is 24.3. The second kappa shape index (κ2) is 17.1. The highest BCUT2D eigenvalue weighted by molar-refractivity contribution is 6.10. The molecule has 0 saturated heterocycles. The van der Waals surface area contributed by atoms with E-state index < -0.39 is 0 Å². The molecule has 376 valence electrons. The van der Waals surface area contributed by atoms with Crippen LogP contribution in [0.15, 0.2) is 201 Å². The van der Waals surface area contributed by atoms with Crippen LogP contribution in [-0.4, -0.2) is 16.2 Å². The minimum atomic E-state index is -0.303. The van der Waals surface area contributed by atoms with Gasteiger partial charge in [0.05, 0.1) is 34.8 Å². The van der Waals surface area contributed by atoms with E-state index in [1.165, 1.54) is 89.2 Å². The highest BCUT2D eigenvalue weighted by Gasteiger charge is 2.46. The summed E-state index contributed by atoms with van der Waals surface area (Å²) in [6.45, 7) is 23.9. The minimum absolute atomic E-state index is 0.0101. The third-order valence-electron chi connectivity index (χ3n) is 16.6. The normalized spacial score (nSPS) is 15.3. The van der Waals surface area contributed by atoms with Crippen LogP contribution in [-0.2, 0) is 21.7 Å². The van der Waals surface area contributed by atoms with Crippen LogP contribution in [0.3, 0.4) is 0 Å². The molecule has 5 heterocycles. The summed E-state index contributed by atoms with van der Waals surface area (Å²) in [6, 6.07) is 66.9. The lowest BCUT2D eigenvalue weighted by Gasteiger charge is -2.50. The van der Waals surface area contributed by atoms with Crippen molar-refractivity contribution in [3.05, 3.63) is 234 Å². The van der Waals surface area contributed by atoms with E-state index in [1.807, 2.05) is 6.20 Å². The molecule has 6 heteroatoms. The first kappa shape index (κ1) is 47.4. The lowest BCUT2D eigenvalue weighted by molar-refractivity contribution is 0.483. The molecule has 0 unspecified atom stereocenters. The van der Waals surface area contributed by atoms with Gasteiger partial charge in [0.1, 0.15) is 17.3 Å². The van der Waals surface area contributed by atoms with Gasteiger partial charge in [-0.25, -0.2) is 4.98 Å². The van der Waals surface area contributed by atoms with Gasteiger partial charge < -0.3 is 19.4 Å². The van der Waals surface area contributed by atoms with Crippen LogP contribution >= 0.6 is 0 Å². The molecule has 3 aliphatic heterocycles. The molecular formula is C70H65N5O. The van der Waals surface area contributed by atoms with Crippen molar-refractivity contribution in [2.45, 2.75) is 90.9 Å². The lowest BCUT2D eigenvalue weighted by Crippen LogP contribution is -2.38. The predicted molar refractivity (Wildman–Crippen MR) is 318 cm³/mol. The van der Waals surface area contributed by atoms with Crippen molar-refractivity contribution >= 4 is 50.2 Å². The average Bonchev–Trinajstić information content (AvgIpc) is 4.02. The van der Waals surface area contributed by atoms with Crippen molar-refractivity contribution < 1.29 is 4.74 Å². The van der Waals surface area contributed by atoms with Gasteiger partial charge in [-0.3, -0.25) is 4.57 Å². The first-order valence-corrected chi connectivity index (χ1v) is 26.9. The Bertz CT molecular complexity index is 3860. The summed E-state index contributed by atoms with van der Waals surface area (Å²) in [5, 5.41) is 2.38. The van der Waals surface area contributed by atoms with Crippen molar-refractivity contribution in [3.63, 3.8) is 0 Å². The van der Waals surface area contributed by atoms with E-state index in [9.17, 15) is 0 Å². The molecule has 0 radical (unpaired) electrons. The number of hydrogen-bond acceptors (Lipinski definition) is 5. The van der Waals surface area contributed by atoms with Gasteiger partial charge in [0.25, 0.3) is 0 Å². The molecule has 0 atom stereocenters. The van der Waals surface area contributed by atoms with E-state index in [4.69, 9.17) is 9.72 Å². The van der Waals surface area contributed by atoms with E-state index in [0.717, 1.165) is 34.0 Å². The van der Waals surface area contributed by atoms with Gasteiger partial charge in [-0.1, -0.05) is 154 Å². The highest BCUT2D eigenvalue weighted by Crippen LogP contribution is 2.61. The van der Waals surface area contributed by atoms with Crippen LogP contribution in [0.2, 0.25) is 0 Å². The molecule has 6 nitrogen and oxygen atoms in total. The van der Waals surface area contributed by atoms with E-state index in [1.54, 1.807) is 0 Å². The molecule has 0 amide bonds. The Morgan fingerprint density at radius 2 is 1.03 bits per heavy atom. The number of benzene rings is 8. The van der Waals surface area contributed by atoms with Gasteiger partial charge in [-0.2, -0.15) is 0 Å². The molecule has 8 aromatic carbocycles. The molecule has 0 N–H and O–H groups in total. The zero-order chi connectivity index (χ0) is 52.5. The highest BCUT2D eigenvalue weighted by atomic mass is 16.5. The molecule has 0 saturated carbocycles. The largest absolute Gasteiger partial charge is 0.457 e. The summed E-state index contributed by atoms with van der Waals surface area (Å²) in [5.41, 5.74) is 20.3. The van der Waals surface area contributed by atoms with E-state index in [2.05, 4.69) is 283 Å². The van der Waals surface area contributed by atoms with E-state index in [0.29, 0.717) is 6.67 Å². The average molecular weight is 992 g/mol. The smallest absolute Gasteiger partial charge is 0.137 e. The maximum absolute atomic E-state index is 6.82. The number of rotatable bonds is 7. The van der Waals surface area contributed by atoms with Crippen molar-refractivity contribution in [1.29, 1.82) is 0 Å². The molecule has 76 heavy (non-hydrogen) atoms. The van der Waals surface area contributed by atoms with Crippen molar-refractivity contribution in [1.82, 2.24) is 9.55 Å². The zero-order valence-corrected chi connectivity index (χ0v) is 45.4. The fraction of sp³-hybridized carbons (Fsp3) is 0.214. The van der Waals surface area contributed by atoms with Crippen molar-refractivity contribution in [3.8, 4) is 39.6 Å². The fourth-order valence-corrected chi connectivity index (χ4v) is 12.1. The molecular weight excluding hydrogens is 927 g/mol. The summed E-state index contributed by atoms with van der Waals surface area (Å²) >= 11 is 0. The summed E-state index contributed by atoms with van der Waals surface area (Å²) < 4.78 is 9.12. The third kappa shape index (κ3) is 7.71. The van der Waals surface area contributed by atoms with Crippen LogP contribution in [0.5, 0.6) is 11.5 Å². The van der Waals surface area contributed by atoms with Gasteiger partial charge in [0.2, 0.25) is 0 Å². The summed E-state index contributed by atoms with van der Waals surface area (Å²) in [6.07, 6.45) is 6.37. The maximum atomic E-state index is 6.82. The number of anilines is 5. The van der Waals surface area contributed by atoms with Crippen LogP contribution in [0, 0.1) is 0 Å². The summed E-state index contributed by atoms with van der Waals surface area (Å²) in [7, 11) is 0. The predicted octanol–water partition coefficient (Wildman–Crippen LogP) is 18.4. The number of aromatic nitrogens is 2. The van der Waals surface area contributed by atoms with Crippen molar-refractivity contribution in [2.24, 2.45) is 0 Å². The lowest BCUT2D eigenvalue weighted by atomic mass is 9.65. The Hall–Kier alpha value is -8.35. The van der Waals surface area contributed by atoms with Crippen LogP contribution in [0.1, 0.15) is 103 Å².